The average molecular weight is 445 g/mol. The molecular formula is C25H36N2O5. The molecule has 1 heterocycles. The van der Waals surface area contributed by atoms with E-state index in [0.717, 1.165) is 18.2 Å². The number of pyridine rings is 1. The Kier molecular flexibility index (Phi) is 7.49. The molecule has 176 valence electrons. The van der Waals surface area contributed by atoms with Gasteiger partial charge in [0, 0.05) is 44.4 Å². The Balaban J connectivity index is 0.00000265. The molecule has 0 spiro atoms. The fourth-order valence-electron chi connectivity index (χ4n) is 3.49. The maximum Gasteiger partial charge on any atom is 0.261 e. The first-order valence-electron chi connectivity index (χ1n) is 10.3. The zero-order chi connectivity index (χ0) is 24.3. The molecule has 7 nitrogen and oxygen atoms in total. The molecule has 0 unspecified atom stereocenters. The van der Waals surface area contributed by atoms with Crippen LogP contribution in [0.3, 0.4) is 0 Å². The molecule has 3 rings (SSSR count). The van der Waals surface area contributed by atoms with Gasteiger partial charge in [-0.25, -0.2) is 5.26 Å². The first kappa shape index (κ1) is 25.1. The SMILES string of the molecule is CC(C)(C)c1cc(C(C)(C)C)c(OO)cc1NC(=O)c1c[nH]c2ccccc2c1=O.CO.[HH].[HH]. The number of carbonyl (C=O) groups is 1. The molecule has 4 N–H and O–H groups in total. The van der Waals surface area contributed by atoms with Crippen molar-refractivity contribution >= 4 is 22.5 Å². The Morgan fingerprint density at radius 3 is 2.16 bits per heavy atom. The highest BCUT2D eigenvalue weighted by Gasteiger charge is 2.27. The first-order valence-corrected chi connectivity index (χ1v) is 10.3. The number of aromatic nitrogens is 1. The summed E-state index contributed by atoms with van der Waals surface area (Å²) in [6.07, 6.45) is 1.42. The van der Waals surface area contributed by atoms with E-state index in [1.807, 2.05) is 53.7 Å². The molecule has 0 aliphatic carbocycles. The van der Waals surface area contributed by atoms with Gasteiger partial charge in [0.2, 0.25) is 5.43 Å². The Morgan fingerprint density at radius 2 is 1.59 bits per heavy atom. The van der Waals surface area contributed by atoms with Crippen LogP contribution in [0.1, 0.15) is 65.9 Å². The minimum absolute atomic E-state index is 0. The van der Waals surface area contributed by atoms with Gasteiger partial charge in [0.1, 0.15) is 5.56 Å². The first-order chi connectivity index (χ1) is 14.9. The van der Waals surface area contributed by atoms with Gasteiger partial charge in [0.05, 0.1) is 0 Å². The summed E-state index contributed by atoms with van der Waals surface area (Å²) in [4.78, 5) is 33.4. The molecule has 1 aromatic heterocycles. The zero-order valence-corrected chi connectivity index (χ0v) is 19.7. The Morgan fingerprint density at radius 1 is 1.00 bits per heavy atom. The van der Waals surface area contributed by atoms with E-state index < -0.39 is 5.91 Å². The highest BCUT2D eigenvalue weighted by molar-refractivity contribution is 6.06. The van der Waals surface area contributed by atoms with Crippen molar-refractivity contribution in [3.8, 4) is 5.75 Å². The van der Waals surface area contributed by atoms with Gasteiger partial charge >= 0.3 is 0 Å². The summed E-state index contributed by atoms with van der Waals surface area (Å²) in [5, 5.41) is 19.7. The molecule has 3 aromatic rings. The predicted molar refractivity (Wildman–Crippen MR) is 132 cm³/mol. The topological polar surface area (TPSA) is 112 Å². The highest BCUT2D eigenvalue weighted by Crippen LogP contribution is 2.40. The lowest BCUT2D eigenvalue weighted by Crippen LogP contribution is -2.25. The molecule has 0 aliphatic rings. The summed E-state index contributed by atoms with van der Waals surface area (Å²) < 4.78 is 0. The quantitative estimate of drug-likeness (QED) is 0.322. The van der Waals surface area contributed by atoms with Crippen LogP contribution in [0.2, 0.25) is 0 Å². The Labute approximate surface area is 191 Å². The number of aliphatic hydroxyl groups excluding tert-OH is 1. The van der Waals surface area contributed by atoms with Crippen molar-refractivity contribution in [1.82, 2.24) is 4.98 Å². The van der Waals surface area contributed by atoms with Crippen LogP contribution in [0.4, 0.5) is 5.69 Å². The summed E-state index contributed by atoms with van der Waals surface area (Å²) in [6.45, 7) is 12.2. The molecule has 0 fully saturated rings. The van der Waals surface area contributed by atoms with E-state index in [-0.39, 0.29) is 30.4 Å². The summed E-state index contributed by atoms with van der Waals surface area (Å²) >= 11 is 0. The van der Waals surface area contributed by atoms with Crippen LogP contribution in [-0.2, 0) is 10.8 Å². The van der Waals surface area contributed by atoms with Gasteiger partial charge < -0.3 is 20.3 Å². The zero-order valence-electron chi connectivity index (χ0n) is 19.7. The van der Waals surface area contributed by atoms with Crippen LogP contribution in [-0.4, -0.2) is 28.4 Å². The van der Waals surface area contributed by atoms with E-state index in [0.29, 0.717) is 16.6 Å². The van der Waals surface area contributed by atoms with Crippen molar-refractivity contribution in [2.45, 2.75) is 52.4 Å². The van der Waals surface area contributed by atoms with Crippen molar-refractivity contribution in [3.63, 3.8) is 0 Å². The number of hydrogen-bond acceptors (Lipinski definition) is 5. The second-order valence-corrected chi connectivity index (χ2v) is 9.52. The number of nitrogens with one attached hydrogen (secondary N) is 2. The molecule has 0 bridgehead atoms. The Hall–Kier alpha value is -3.16. The minimum Gasteiger partial charge on any atom is -0.400 e. The van der Waals surface area contributed by atoms with E-state index in [9.17, 15) is 14.8 Å². The number of anilines is 1. The minimum atomic E-state index is -0.528. The molecule has 0 atom stereocenters. The van der Waals surface area contributed by atoms with Crippen molar-refractivity contribution < 1.29 is 22.9 Å². The lowest BCUT2D eigenvalue weighted by molar-refractivity contribution is -0.138. The number of H-pyrrole nitrogens is 1. The third-order valence-electron chi connectivity index (χ3n) is 5.12. The number of aromatic amines is 1. The number of para-hydroxylation sites is 1. The predicted octanol–water partition coefficient (Wildman–Crippen LogP) is 5.33. The third-order valence-corrected chi connectivity index (χ3v) is 5.12. The number of rotatable bonds is 3. The van der Waals surface area contributed by atoms with Gasteiger partial charge in [-0.1, -0.05) is 53.7 Å². The fourth-order valence-corrected chi connectivity index (χ4v) is 3.49. The lowest BCUT2D eigenvalue weighted by atomic mass is 9.79. The molecule has 0 aliphatic heterocycles. The third kappa shape index (κ3) is 5.18. The normalized spacial score (nSPS) is 11.5. The van der Waals surface area contributed by atoms with Crippen LogP contribution >= 0.6 is 0 Å². The maximum atomic E-state index is 13.0. The molecule has 2 aromatic carbocycles. The number of amides is 1. The number of aliphatic hydroxyl groups is 1. The molecule has 7 heteroatoms. The number of benzene rings is 2. The summed E-state index contributed by atoms with van der Waals surface area (Å²) in [5.41, 5.74) is 1.93. The molecule has 32 heavy (non-hydrogen) atoms. The van der Waals surface area contributed by atoms with Gasteiger partial charge in [-0.05, 0) is 34.6 Å². The van der Waals surface area contributed by atoms with Crippen LogP contribution < -0.4 is 15.6 Å². The summed E-state index contributed by atoms with van der Waals surface area (Å²) in [6, 6.07) is 10.6. The van der Waals surface area contributed by atoms with Crippen molar-refractivity contribution in [3.05, 3.63) is 69.5 Å². The van der Waals surface area contributed by atoms with Crippen LogP contribution in [0.5, 0.6) is 5.75 Å². The van der Waals surface area contributed by atoms with Gasteiger partial charge in [0.15, 0.2) is 5.75 Å². The summed E-state index contributed by atoms with van der Waals surface area (Å²) in [7, 11) is 1.00. The molecule has 0 radical (unpaired) electrons. The fraction of sp³-hybridized carbons (Fsp3) is 0.360. The number of hydrogen-bond donors (Lipinski definition) is 4. The molecule has 0 saturated heterocycles. The largest absolute Gasteiger partial charge is 0.400 e. The van der Waals surface area contributed by atoms with Crippen LogP contribution in [0.15, 0.2) is 47.4 Å². The molecule has 0 saturated carbocycles. The van der Waals surface area contributed by atoms with Crippen LogP contribution in [0, 0.1) is 0 Å². The maximum absolute atomic E-state index is 13.0. The standard InChI is InChI=1S/C24H28N2O4.CH4O.2H2/c1-23(2,3)16-11-17(24(4,5)6)20(30-29)12-19(16)26-22(28)15-13-25-18-10-8-7-9-14(18)21(15)27;1-2;;/h7-13,29H,1-6H3,(H,25,27)(H,26,28);2H,1H3;2*1H. The Bertz CT molecular complexity index is 1180. The summed E-state index contributed by atoms with van der Waals surface area (Å²) in [5.74, 6) is -0.266. The van der Waals surface area contributed by atoms with Gasteiger partial charge in [0.25, 0.3) is 5.91 Å². The van der Waals surface area contributed by atoms with Crippen molar-refractivity contribution in [1.29, 1.82) is 0 Å². The van der Waals surface area contributed by atoms with Gasteiger partial charge in [-0.2, -0.15) is 0 Å². The van der Waals surface area contributed by atoms with E-state index in [1.54, 1.807) is 24.3 Å². The van der Waals surface area contributed by atoms with E-state index >= 15 is 0 Å². The van der Waals surface area contributed by atoms with Crippen molar-refractivity contribution in [2.75, 3.05) is 12.4 Å². The van der Waals surface area contributed by atoms with E-state index in [1.165, 1.54) is 6.20 Å². The monoisotopic (exact) mass is 444 g/mol. The van der Waals surface area contributed by atoms with E-state index in [2.05, 4.69) is 15.2 Å². The highest BCUT2D eigenvalue weighted by atomic mass is 17.1. The lowest BCUT2D eigenvalue weighted by Gasteiger charge is -2.28. The van der Waals surface area contributed by atoms with Gasteiger partial charge in [-0.15, -0.1) is 0 Å². The second kappa shape index (κ2) is 9.54. The van der Waals surface area contributed by atoms with Crippen molar-refractivity contribution in [2.24, 2.45) is 0 Å². The molecule has 1 amide bonds. The number of carbonyl (C=O) groups excluding carboxylic acids is 1. The second-order valence-electron chi connectivity index (χ2n) is 9.52. The molecular weight excluding hydrogens is 408 g/mol. The number of fused-ring (bicyclic) bond motifs is 1. The smallest absolute Gasteiger partial charge is 0.261 e. The van der Waals surface area contributed by atoms with E-state index in [4.69, 9.17) is 5.11 Å². The van der Waals surface area contributed by atoms with Crippen LogP contribution in [0.25, 0.3) is 10.9 Å². The average Bonchev–Trinajstić information content (AvgIpc) is 2.73. The van der Waals surface area contributed by atoms with Gasteiger partial charge in [-0.3, -0.25) is 9.59 Å².